The van der Waals surface area contributed by atoms with Crippen LogP contribution in [0.1, 0.15) is 62.1 Å². The van der Waals surface area contributed by atoms with Gasteiger partial charge in [-0.15, -0.1) is 11.3 Å². The van der Waals surface area contributed by atoms with Crippen LogP contribution in [0.15, 0.2) is 5.38 Å². The zero-order chi connectivity index (χ0) is 11.3. The third kappa shape index (κ3) is 1.70. The van der Waals surface area contributed by atoms with E-state index in [-0.39, 0.29) is 0 Å². The first-order valence-corrected chi connectivity index (χ1v) is 7.17. The molecular weight excluding hydrogens is 216 g/mol. The lowest BCUT2D eigenvalue weighted by Gasteiger charge is -2.11. The van der Waals surface area contributed by atoms with Crippen LogP contribution < -0.4 is 5.73 Å². The first-order valence-electron chi connectivity index (χ1n) is 6.29. The second-order valence-electron chi connectivity index (χ2n) is 6.06. The SMILES string of the molecule is CC1(C)CC1c1nc(C2CCCC2N)cs1. The first-order chi connectivity index (χ1) is 7.58. The number of hydrogen-bond acceptors (Lipinski definition) is 3. The summed E-state index contributed by atoms with van der Waals surface area (Å²) in [5.74, 6) is 1.25. The number of nitrogens with two attached hydrogens (primary N) is 1. The van der Waals surface area contributed by atoms with Crippen molar-refractivity contribution >= 4 is 11.3 Å². The Kier molecular flexibility index (Phi) is 2.37. The van der Waals surface area contributed by atoms with Gasteiger partial charge in [-0.3, -0.25) is 0 Å². The molecule has 0 bridgehead atoms. The number of rotatable bonds is 2. The molecule has 2 saturated carbocycles. The van der Waals surface area contributed by atoms with E-state index in [4.69, 9.17) is 10.7 Å². The average molecular weight is 236 g/mol. The maximum atomic E-state index is 6.13. The van der Waals surface area contributed by atoms with Gasteiger partial charge in [0.05, 0.1) is 10.7 Å². The molecule has 0 aromatic carbocycles. The molecule has 0 radical (unpaired) electrons. The molecule has 2 N–H and O–H groups in total. The van der Waals surface area contributed by atoms with Crippen LogP contribution >= 0.6 is 11.3 Å². The summed E-state index contributed by atoms with van der Waals surface area (Å²) in [5.41, 5.74) is 7.89. The highest BCUT2D eigenvalue weighted by molar-refractivity contribution is 7.09. The Bertz CT molecular complexity index is 396. The molecule has 1 aromatic rings. The van der Waals surface area contributed by atoms with Crippen molar-refractivity contribution in [3.63, 3.8) is 0 Å². The minimum atomic E-state index is 0.349. The van der Waals surface area contributed by atoms with Crippen molar-refractivity contribution < 1.29 is 0 Å². The minimum absolute atomic E-state index is 0.349. The molecule has 0 aliphatic heterocycles. The fraction of sp³-hybridized carbons (Fsp3) is 0.769. The van der Waals surface area contributed by atoms with Gasteiger partial charge < -0.3 is 5.73 Å². The van der Waals surface area contributed by atoms with Gasteiger partial charge in [0.25, 0.3) is 0 Å². The molecule has 0 spiro atoms. The van der Waals surface area contributed by atoms with Gasteiger partial charge in [0.1, 0.15) is 0 Å². The Balaban J connectivity index is 1.78. The summed E-state index contributed by atoms with van der Waals surface area (Å²) in [5, 5.41) is 3.60. The second kappa shape index (κ2) is 3.54. The Morgan fingerprint density at radius 3 is 2.75 bits per heavy atom. The van der Waals surface area contributed by atoms with Crippen LogP contribution in [-0.2, 0) is 0 Å². The van der Waals surface area contributed by atoms with Crippen LogP contribution in [0, 0.1) is 5.41 Å². The van der Waals surface area contributed by atoms with Crippen LogP contribution in [0.4, 0.5) is 0 Å². The predicted octanol–water partition coefficient (Wildman–Crippen LogP) is 3.25. The zero-order valence-corrected chi connectivity index (χ0v) is 10.9. The fourth-order valence-corrected chi connectivity index (χ4v) is 4.07. The number of thiazole rings is 1. The van der Waals surface area contributed by atoms with Gasteiger partial charge in [0, 0.05) is 23.3 Å². The Hall–Kier alpha value is -0.410. The van der Waals surface area contributed by atoms with E-state index in [0.717, 1.165) is 0 Å². The summed E-state index contributed by atoms with van der Waals surface area (Å²) in [7, 11) is 0. The third-order valence-corrected chi connectivity index (χ3v) is 5.28. The predicted molar refractivity (Wildman–Crippen MR) is 67.8 cm³/mol. The molecule has 0 saturated heterocycles. The van der Waals surface area contributed by atoms with E-state index in [2.05, 4.69) is 19.2 Å². The standard InChI is InChI=1S/C13H20N2S/c1-13(2)6-9(13)12-15-11(7-16-12)8-4-3-5-10(8)14/h7-10H,3-6,14H2,1-2H3. The summed E-state index contributed by atoms with van der Waals surface area (Å²) < 4.78 is 0. The van der Waals surface area contributed by atoms with Crippen molar-refractivity contribution in [1.82, 2.24) is 4.98 Å². The molecule has 88 valence electrons. The molecule has 3 rings (SSSR count). The Morgan fingerprint density at radius 1 is 1.44 bits per heavy atom. The summed E-state index contributed by atoms with van der Waals surface area (Å²) in [4.78, 5) is 4.84. The van der Waals surface area contributed by atoms with Gasteiger partial charge in [-0.05, 0) is 24.7 Å². The molecule has 3 heteroatoms. The smallest absolute Gasteiger partial charge is 0.0964 e. The normalized spacial score (nSPS) is 36.6. The molecular formula is C13H20N2S. The van der Waals surface area contributed by atoms with E-state index in [1.807, 2.05) is 11.3 Å². The molecule has 2 nitrogen and oxygen atoms in total. The van der Waals surface area contributed by atoms with E-state index >= 15 is 0 Å². The molecule has 16 heavy (non-hydrogen) atoms. The van der Waals surface area contributed by atoms with Gasteiger partial charge in [0.2, 0.25) is 0 Å². The third-order valence-electron chi connectivity index (χ3n) is 4.30. The minimum Gasteiger partial charge on any atom is -0.327 e. The molecule has 3 atom stereocenters. The van der Waals surface area contributed by atoms with E-state index in [1.165, 1.54) is 36.4 Å². The van der Waals surface area contributed by atoms with Gasteiger partial charge in [-0.2, -0.15) is 0 Å². The zero-order valence-electron chi connectivity index (χ0n) is 10.1. The monoisotopic (exact) mass is 236 g/mol. The maximum absolute atomic E-state index is 6.13. The second-order valence-corrected chi connectivity index (χ2v) is 6.95. The topological polar surface area (TPSA) is 38.9 Å². The van der Waals surface area contributed by atoms with E-state index in [1.54, 1.807) is 0 Å². The van der Waals surface area contributed by atoms with Crippen molar-refractivity contribution in [2.45, 2.75) is 57.4 Å². The van der Waals surface area contributed by atoms with E-state index in [9.17, 15) is 0 Å². The average Bonchev–Trinajstić information content (AvgIpc) is 2.67. The maximum Gasteiger partial charge on any atom is 0.0964 e. The van der Waals surface area contributed by atoms with Crippen molar-refractivity contribution in [2.24, 2.45) is 11.1 Å². The largest absolute Gasteiger partial charge is 0.327 e. The van der Waals surface area contributed by atoms with Gasteiger partial charge in [-0.25, -0.2) is 4.98 Å². The van der Waals surface area contributed by atoms with Gasteiger partial charge in [0.15, 0.2) is 0 Å². The lowest BCUT2D eigenvalue weighted by atomic mass is 10.0. The van der Waals surface area contributed by atoms with Crippen LogP contribution in [0.3, 0.4) is 0 Å². The van der Waals surface area contributed by atoms with Crippen LogP contribution in [0.25, 0.3) is 0 Å². The Labute approximate surface area is 101 Å². The number of aromatic nitrogens is 1. The molecule has 2 aliphatic rings. The summed E-state index contributed by atoms with van der Waals surface area (Å²) >= 11 is 1.84. The van der Waals surface area contributed by atoms with Crippen molar-refractivity contribution in [1.29, 1.82) is 0 Å². The summed E-state index contributed by atoms with van der Waals surface area (Å²) in [6.45, 7) is 4.67. The number of hydrogen-bond donors (Lipinski definition) is 1. The highest BCUT2D eigenvalue weighted by Gasteiger charge is 2.48. The lowest BCUT2D eigenvalue weighted by Crippen LogP contribution is -2.22. The van der Waals surface area contributed by atoms with Crippen LogP contribution in [0.5, 0.6) is 0 Å². The highest BCUT2D eigenvalue weighted by atomic mass is 32.1. The Morgan fingerprint density at radius 2 is 2.19 bits per heavy atom. The van der Waals surface area contributed by atoms with Crippen molar-refractivity contribution in [3.8, 4) is 0 Å². The van der Waals surface area contributed by atoms with Crippen molar-refractivity contribution in [2.75, 3.05) is 0 Å². The van der Waals surface area contributed by atoms with E-state index in [0.29, 0.717) is 23.3 Å². The molecule has 1 heterocycles. The van der Waals surface area contributed by atoms with Crippen molar-refractivity contribution in [3.05, 3.63) is 16.1 Å². The summed E-state index contributed by atoms with van der Waals surface area (Å²) in [6, 6.07) is 0.349. The molecule has 1 aromatic heterocycles. The number of nitrogens with zero attached hydrogens (tertiary/aromatic N) is 1. The molecule has 2 aliphatic carbocycles. The summed E-state index contributed by atoms with van der Waals surface area (Å²) in [6.07, 6.45) is 4.98. The van der Waals surface area contributed by atoms with Crippen LogP contribution in [0.2, 0.25) is 0 Å². The molecule has 0 amide bonds. The molecule has 2 fully saturated rings. The van der Waals surface area contributed by atoms with Crippen LogP contribution in [-0.4, -0.2) is 11.0 Å². The van der Waals surface area contributed by atoms with E-state index < -0.39 is 0 Å². The first kappa shape index (κ1) is 10.7. The fourth-order valence-electron chi connectivity index (χ4n) is 2.88. The highest BCUT2D eigenvalue weighted by Crippen LogP contribution is 2.59. The van der Waals surface area contributed by atoms with Gasteiger partial charge >= 0.3 is 0 Å². The molecule has 3 unspecified atom stereocenters. The quantitative estimate of drug-likeness (QED) is 0.856. The lowest BCUT2D eigenvalue weighted by molar-refractivity contribution is 0.593. The van der Waals surface area contributed by atoms with Gasteiger partial charge in [-0.1, -0.05) is 20.3 Å².